The Morgan fingerprint density at radius 1 is 1.64 bits per heavy atom. The lowest BCUT2D eigenvalue weighted by Crippen LogP contribution is -2.00. The number of halogens is 1. The van der Waals surface area contributed by atoms with Gasteiger partial charge < -0.3 is 5.73 Å². The van der Waals surface area contributed by atoms with Crippen LogP contribution in [0.4, 0.5) is 0 Å². The molecule has 3 nitrogen and oxygen atoms in total. The molecule has 0 aromatic carbocycles. The second kappa shape index (κ2) is 4.67. The molecule has 0 aliphatic rings. The number of nitriles is 1. The third kappa shape index (κ3) is 2.19. The Labute approximate surface area is 71.3 Å². The smallest absolute Gasteiger partial charge is 0.144 e. The number of nitrogens with zero attached hydrogens (tertiary/aromatic N) is 2. The summed E-state index contributed by atoms with van der Waals surface area (Å²) in [7, 11) is 0. The van der Waals surface area contributed by atoms with Gasteiger partial charge in [-0.25, -0.2) is 4.98 Å². The third-order valence-corrected chi connectivity index (χ3v) is 1.22. The predicted molar refractivity (Wildman–Crippen MR) is 44.1 cm³/mol. The summed E-state index contributed by atoms with van der Waals surface area (Å²) in [5, 5.41) is 8.48. The number of pyridine rings is 1. The number of hydrogen-bond donors (Lipinski definition) is 1. The molecule has 1 aromatic rings. The van der Waals surface area contributed by atoms with Crippen LogP contribution in [-0.2, 0) is 6.54 Å². The fourth-order valence-electron chi connectivity index (χ4n) is 0.704. The van der Waals surface area contributed by atoms with Crippen molar-refractivity contribution in [1.82, 2.24) is 4.98 Å². The average Bonchev–Trinajstić information content (AvgIpc) is 2.04. The molecule has 1 rings (SSSR count). The molecule has 0 saturated heterocycles. The molecule has 0 amide bonds. The van der Waals surface area contributed by atoms with Crippen LogP contribution in [0.2, 0.25) is 0 Å². The van der Waals surface area contributed by atoms with Gasteiger partial charge >= 0.3 is 0 Å². The summed E-state index contributed by atoms with van der Waals surface area (Å²) in [6.07, 6.45) is 1.58. The van der Waals surface area contributed by atoms with Crippen molar-refractivity contribution in [1.29, 1.82) is 5.26 Å². The zero-order valence-corrected chi connectivity index (χ0v) is 6.64. The van der Waals surface area contributed by atoms with E-state index in [2.05, 4.69) is 4.98 Å². The molecule has 1 heterocycles. The van der Waals surface area contributed by atoms with Gasteiger partial charge in [0.2, 0.25) is 0 Å². The van der Waals surface area contributed by atoms with Gasteiger partial charge in [0, 0.05) is 18.3 Å². The normalized spacial score (nSPS) is 8.00. The quantitative estimate of drug-likeness (QED) is 0.678. The van der Waals surface area contributed by atoms with E-state index < -0.39 is 0 Å². The van der Waals surface area contributed by atoms with E-state index >= 15 is 0 Å². The van der Waals surface area contributed by atoms with Crippen LogP contribution >= 0.6 is 12.4 Å². The number of aromatic nitrogens is 1. The molecule has 0 radical (unpaired) electrons. The van der Waals surface area contributed by atoms with Crippen LogP contribution < -0.4 is 5.73 Å². The lowest BCUT2D eigenvalue weighted by atomic mass is 10.2. The Morgan fingerprint density at radius 2 is 2.36 bits per heavy atom. The maximum absolute atomic E-state index is 8.48. The first-order chi connectivity index (χ1) is 4.88. The Hall–Kier alpha value is -1.11. The van der Waals surface area contributed by atoms with Crippen molar-refractivity contribution in [3.63, 3.8) is 0 Å². The largest absolute Gasteiger partial charge is 0.326 e. The minimum atomic E-state index is 0. The van der Waals surface area contributed by atoms with Crippen LogP contribution in [0.5, 0.6) is 0 Å². The standard InChI is InChI=1S/C7H7N3.ClH/c8-4-6-2-1-3-10-7(6)5-9;/h1-3H,4,8H2;1H. The first-order valence-electron chi connectivity index (χ1n) is 2.92. The van der Waals surface area contributed by atoms with Crippen molar-refractivity contribution in [2.75, 3.05) is 0 Å². The molecule has 2 N–H and O–H groups in total. The van der Waals surface area contributed by atoms with E-state index in [1.165, 1.54) is 0 Å². The zero-order valence-electron chi connectivity index (χ0n) is 5.82. The van der Waals surface area contributed by atoms with Crippen molar-refractivity contribution < 1.29 is 0 Å². The lowest BCUT2D eigenvalue weighted by Gasteiger charge is -1.95. The first-order valence-corrected chi connectivity index (χ1v) is 2.92. The van der Waals surface area contributed by atoms with E-state index in [0.29, 0.717) is 12.2 Å². The summed E-state index contributed by atoms with van der Waals surface area (Å²) < 4.78 is 0. The fourth-order valence-corrected chi connectivity index (χ4v) is 0.704. The van der Waals surface area contributed by atoms with Crippen LogP contribution in [0.1, 0.15) is 11.3 Å². The molecule has 1 aromatic heterocycles. The van der Waals surface area contributed by atoms with Crippen LogP contribution in [0.25, 0.3) is 0 Å². The first kappa shape index (κ1) is 9.89. The van der Waals surface area contributed by atoms with E-state index in [9.17, 15) is 0 Å². The Kier molecular flexibility index (Phi) is 4.20. The van der Waals surface area contributed by atoms with Gasteiger partial charge in [0.1, 0.15) is 11.8 Å². The van der Waals surface area contributed by atoms with Crippen molar-refractivity contribution in [3.05, 3.63) is 29.6 Å². The molecule has 58 valence electrons. The summed E-state index contributed by atoms with van der Waals surface area (Å²) in [6.45, 7) is 0.372. The van der Waals surface area contributed by atoms with Crippen molar-refractivity contribution in [3.8, 4) is 6.07 Å². The van der Waals surface area contributed by atoms with E-state index in [1.54, 1.807) is 18.3 Å². The maximum atomic E-state index is 8.48. The zero-order chi connectivity index (χ0) is 7.40. The monoisotopic (exact) mass is 169 g/mol. The molecule has 0 spiro atoms. The minimum absolute atomic E-state index is 0. The lowest BCUT2D eigenvalue weighted by molar-refractivity contribution is 1.03. The second-order valence-electron chi connectivity index (χ2n) is 1.83. The third-order valence-electron chi connectivity index (χ3n) is 1.22. The van der Waals surface area contributed by atoms with Gasteiger partial charge in [-0.05, 0) is 6.07 Å². The van der Waals surface area contributed by atoms with Gasteiger partial charge in [0.25, 0.3) is 0 Å². The topological polar surface area (TPSA) is 62.7 Å². The molecule has 0 unspecified atom stereocenters. The minimum Gasteiger partial charge on any atom is -0.326 e. The molecule has 4 heteroatoms. The molecule has 0 fully saturated rings. The number of rotatable bonds is 1. The fraction of sp³-hybridized carbons (Fsp3) is 0.143. The SMILES string of the molecule is Cl.N#Cc1ncccc1CN. The highest BCUT2D eigenvalue weighted by atomic mass is 35.5. The van der Waals surface area contributed by atoms with Crippen molar-refractivity contribution in [2.45, 2.75) is 6.54 Å². The molecular formula is C7H8ClN3. The Morgan fingerprint density at radius 3 is 2.82 bits per heavy atom. The molecule has 0 aliphatic heterocycles. The van der Waals surface area contributed by atoms with Gasteiger partial charge in [0.15, 0.2) is 0 Å². The van der Waals surface area contributed by atoms with Gasteiger partial charge in [-0.2, -0.15) is 5.26 Å². The molecule has 0 aliphatic carbocycles. The van der Waals surface area contributed by atoms with Crippen molar-refractivity contribution >= 4 is 12.4 Å². The van der Waals surface area contributed by atoms with Gasteiger partial charge in [-0.1, -0.05) is 6.07 Å². The predicted octanol–water partition coefficient (Wildman–Crippen LogP) is 0.834. The average molecular weight is 170 g/mol. The van der Waals surface area contributed by atoms with Gasteiger partial charge in [-0.3, -0.25) is 0 Å². The van der Waals surface area contributed by atoms with Crippen LogP contribution in [0, 0.1) is 11.3 Å². The molecular weight excluding hydrogens is 162 g/mol. The summed E-state index contributed by atoms with van der Waals surface area (Å²) in [5.74, 6) is 0. The second-order valence-corrected chi connectivity index (χ2v) is 1.83. The number of nitrogens with two attached hydrogens (primary N) is 1. The van der Waals surface area contributed by atoms with Crippen LogP contribution in [0.3, 0.4) is 0 Å². The van der Waals surface area contributed by atoms with E-state index in [4.69, 9.17) is 11.0 Å². The number of hydrogen-bond acceptors (Lipinski definition) is 3. The Bertz CT molecular complexity index is 267. The van der Waals surface area contributed by atoms with Crippen LogP contribution in [-0.4, -0.2) is 4.98 Å². The maximum Gasteiger partial charge on any atom is 0.144 e. The summed E-state index contributed by atoms with van der Waals surface area (Å²) in [4.78, 5) is 3.83. The van der Waals surface area contributed by atoms with Gasteiger partial charge in [0.05, 0.1) is 0 Å². The molecule has 0 bridgehead atoms. The summed E-state index contributed by atoms with van der Waals surface area (Å²) in [6, 6.07) is 5.52. The van der Waals surface area contributed by atoms with Crippen molar-refractivity contribution in [2.24, 2.45) is 5.73 Å². The summed E-state index contributed by atoms with van der Waals surface area (Å²) >= 11 is 0. The highest BCUT2D eigenvalue weighted by Crippen LogP contribution is 2.00. The van der Waals surface area contributed by atoms with Crippen LogP contribution in [0.15, 0.2) is 18.3 Å². The molecule has 0 saturated carbocycles. The summed E-state index contributed by atoms with van der Waals surface area (Å²) in [5.41, 5.74) is 6.55. The van der Waals surface area contributed by atoms with E-state index in [-0.39, 0.29) is 12.4 Å². The van der Waals surface area contributed by atoms with Gasteiger partial charge in [-0.15, -0.1) is 12.4 Å². The molecule has 11 heavy (non-hydrogen) atoms. The van der Waals surface area contributed by atoms with E-state index in [1.807, 2.05) is 6.07 Å². The highest BCUT2D eigenvalue weighted by molar-refractivity contribution is 5.85. The molecule has 0 atom stereocenters. The van der Waals surface area contributed by atoms with E-state index in [0.717, 1.165) is 5.56 Å². The Balaban J connectivity index is 0.000001000. The highest BCUT2D eigenvalue weighted by Gasteiger charge is 1.96.